The summed E-state index contributed by atoms with van der Waals surface area (Å²) in [5.74, 6) is -0.662. The molecule has 1 amide bonds. The average Bonchev–Trinajstić information content (AvgIpc) is 3.11. The molecule has 0 unspecified atom stereocenters. The first-order valence-corrected chi connectivity index (χ1v) is 8.62. The summed E-state index contributed by atoms with van der Waals surface area (Å²) in [6, 6.07) is 7.91. The third-order valence-corrected chi connectivity index (χ3v) is 4.04. The first kappa shape index (κ1) is 18.7. The van der Waals surface area contributed by atoms with Crippen LogP contribution < -0.4 is 9.64 Å². The lowest BCUT2D eigenvalue weighted by Crippen LogP contribution is -2.54. The van der Waals surface area contributed by atoms with Crippen LogP contribution in [0.25, 0.3) is 0 Å². The fourth-order valence-electron chi connectivity index (χ4n) is 2.85. The Morgan fingerprint density at radius 2 is 1.96 bits per heavy atom. The van der Waals surface area contributed by atoms with Gasteiger partial charge < -0.3 is 13.9 Å². The highest BCUT2D eigenvalue weighted by Gasteiger charge is 2.42. The fraction of sp³-hybridized carbons (Fsp3) is 0.350. The largest absolute Gasteiger partial charge is 0.476 e. The van der Waals surface area contributed by atoms with Crippen molar-refractivity contribution < 1.29 is 28.3 Å². The van der Waals surface area contributed by atoms with E-state index in [2.05, 4.69) is 0 Å². The smallest absolute Gasteiger partial charge is 0.326 e. The molecule has 2 heterocycles. The number of hydrogen-bond donors (Lipinski definition) is 0. The van der Waals surface area contributed by atoms with Gasteiger partial charge in [-0.3, -0.25) is 19.3 Å². The molecule has 7 nitrogen and oxygen atoms in total. The van der Waals surface area contributed by atoms with Gasteiger partial charge in [-0.2, -0.15) is 0 Å². The standard InChI is InChI=1S/C20H21NO6/c1-12(2)26-17(22)11-21-14-10-13(18(23)16-6-5-9-25-16)7-8-15(14)27-20(3,4)19(21)24/h5-10,12H,11H2,1-4H3. The lowest BCUT2D eigenvalue weighted by molar-refractivity contribution is -0.147. The van der Waals surface area contributed by atoms with Gasteiger partial charge in [0.15, 0.2) is 11.4 Å². The Bertz CT molecular complexity index is 882. The Kier molecular flexibility index (Phi) is 4.78. The molecular weight excluding hydrogens is 350 g/mol. The number of amides is 1. The van der Waals surface area contributed by atoms with Gasteiger partial charge >= 0.3 is 5.97 Å². The van der Waals surface area contributed by atoms with Crippen LogP contribution in [0, 0.1) is 0 Å². The molecule has 0 N–H and O–H groups in total. The minimum absolute atomic E-state index is 0.184. The van der Waals surface area contributed by atoms with Gasteiger partial charge in [-0.05, 0) is 58.0 Å². The number of furan rings is 1. The van der Waals surface area contributed by atoms with Gasteiger partial charge in [-0.1, -0.05) is 0 Å². The summed E-state index contributed by atoms with van der Waals surface area (Å²) in [4.78, 5) is 38.8. The predicted octanol–water partition coefficient (Wildman–Crippen LogP) is 2.97. The van der Waals surface area contributed by atoms with E-state index in [1.807, 2.05) is 0 Å². The normalized spacial score (nSPS) is 15.3. The topological polar surface area (TPSA) is 86.0 Å². The molecule has 1 aliphatic rings. The zero-order chi connectivity index (χ0) is 19.8. The molecule has 0 saturated carbocycles. The van der Waals surface area contributed by atoms with Crippen LogP contribution in [0.3, 0.4) is 0 Å². The molecule has 0 bridgehead atoms. The van der Waals surface area contributed by atoms with Crippen LogP contribution in [0.2, 0.25) is 0 Å². The maximum Gasteiger partial charge on any atom is 0.326 e. The second-order valence-corrected chi connectivity index (χ2v) is 7.03. The molecule has 0 radical (unpaired) electrons. The third kappa shape index (κ3) is 3.72. The van der Waals surface area contributed by atoms with Crippen molar-refractivity contribution in [1.82, 2.24) is 0 Å². The summed E-state index contributed by atoms with van der Waals surface area (Å²) >= 11 is 0. The fourth-order valence-corrected chi connectivity index (χ4v) is 2.85. The molecule has 0 fully saturated rings. The van der Waals surface area contributed by atoms with Crippen LogP contribution in [0.4, 0.5) is 5.69 Å². The van der Waals surface area contributed by atoms with Crippen LogP contribution in [-0.4, -0.2) is 35.9 Å². The molecule has 3 rings (SSSR count). The molecule has 0 saturated heterocycles. The van der Waals surface area contributed by atoms with Crippen LogP contribution >= 0.6 is 0 Å². The van der Waals surface area contributed by atoms with Crippen molar-refractivity contribution in [3.8, 4) is 5.75 Å². The summed E-state index contributed by atoms with van der Waals surface area (Å²) in [6.07, 6.45) is 1.11. The number of esters is 1. The maximum absolute atomic E-state index is 12.8. The molecule has 1 aliphatic heterocycles. The van der Waals surface area contributed by atoms with E-state index in [1.54, 1.807) is 52.0 Å². The number of hydrogen-bond acceptors (Lipinski definition) is 6. The number of carbonyl (C=O) groups is 3. The molecule has 1 aromatic carbocycles. The maximum atomic E-state index is 12.8. The van der Waals surface area contributed by atoms with E-state index in [1.165, 1.54) is 17.2 Å². The van der Waals surface area contributed by atoms with E-state index < -0.39 is 17.5 Å². The van der Waals surface area contributed by atoms with Crippen molar-refractivity contribution in [2.45, 2.75) is 39.4 Å². The third-order valence-electron chi connectivity index (χ3n) is 4.04. The van der Waals surface area contributed by atoms with Gasteiger partial charge in [-0.15, -0.1) is 0 Å². The number of ketones is 1. The van der Waals surface area contributed by atoms with Crippen LogP contribution in [0.1, 0.15) is 43.8 Å². The Balaban J connectivity index is 1.99. The van der Waals surface area contributed by atoms with Crippen LogP contribution in [0.5, 0.6) is 5.75 Å². The first-order chi connectivity index (χ1) is 12.7. The van der Waals surface area contributed by atoms with Crippen molar-refractivity contribution in [2.75, 3.05) is 11.4 Å². The molecule has 0 atom stereocenters. The highest BCUT2D eigenvalue weighted by atomic mass is 16.5. The zero-order valence-electron chi connectivity index (χ0n) is 15.6. The minimum Gasteiger partial charge on any atom is -0.476 e. The van der Waals surface area contributed by atoms with E-state index >= 15 is 0 Å². The SMILES string of the molecule is CC(C)OC(=O)CN1C(=O)C(C)(C)Oc2ccc(C(=O)c3ccco3)cc21. The van der Waals surface area contributed by atoms with E-state index in [0.29, 0.717) is 17.0 Å². The monoisotopic (exact) mass is 371 g/mol. The molecule has 1 aromatic heterocycles. The number of benzene rings is 1. The highest BCUT2D eigenvalue weighted by molar-refractivity contribution is 6.10. The molecule has 2 aromatic rings. The molecule has 142 valence electrons. The Morgan fingerprint density at radius 1 is 1.22 bits per heavy atom. The average molecular weight is 371 g/mol. The summed E-state index contributed by atoms with van der Waals surface area (Å²) < 4.78 is 16.1. The number of nitrogens with zero attached hydrogens (tertiary/aromatic N) is 1. The second kappa shape index (κ2) is 6.90. The van der Waals surface area contributed by atoms with Crippen LogP contribution in [0.15, 0.2) is 41.0 Å². The van der Waals surface area contributed by atoms with Crippen molar-refractivity contribution in [2.24, 2.45) is 0 Å². The second-order valence-electron chi connectivity index (χ2n) is 7.03. The number of fused-ring (bicyclic) bond motifs is 1. The Morgan fingerprint density at radius 3 is 2.59 bits per heavy atom. The summed E-state index contributed by atoms with van der Waals surface area (Å²) in [7, 11) is 0. The Labute approximate surface area is 156 Å². The molecule has 0 aliphatic carbocycles. The number of carbonyl (C=O) groups excluding carboxylic acids is 3. The predicted molar refractivity (Wildman–Crippen MR) is 96.9 cm³/mol. The number of rotatable bonds is 5. The molecule has 7 heteroatoms. The highest BCUT2D eigenvalue weighted by Crippen LogP contribution is 2.38. The van der Waals surface area contributed by atoms with Crippen molar-refractivity contribution >= 4 is 23.3 Å². The molecular formula is C20H21NO6. The van der Waals surface area contributed by atoms with E-state index in [0.717, 1.165) is 0 Å². The molecule has 0 spiro atoms. The minimum atomic E-state index is -1.14. The van der Waals surface area contributed by atoms with Gasteiger partial charge in [0, 0.05) is 5.56 Å². The zero-order valence-corrected chi connectivity index (χ0v) is 15.6. The quantitative estimate of drug-likeness (QED) is 0.593. The van der Waals surface area contributed by atoms with E-state index in [9.17, 15) is 14.4 Å². The Hall–Kier alpha value is -3.09. The van der Waals surface area contributed by atoms with Gasteiger partial charge in [-0.25, -0.2) is 0 Å². The molecule has 27 heavy (non-hydrogen) atoms. The summed E-state index contributed by atoms with van der Waals surface area (Å²) in [5.41, 5.74) is -0.475. The van der Waals surface area contributed by atoms with E-state index in [-0.39, 0.29) is 24.2 Å². The lowest BCUT2D eigenvalue weighted by Gasteiger charge is -2.38. The van der Waals surface area contributed by atoms with Gasteiger partial charge in [0.05, 0.1) is 18.1 Å². The van der Waals surface area contributed by atoms with Crippen molar-refractivity contribution in [3.63, 3.8) is 0 Å². The van der Waals surface area contributed by atoms with Crippen LogP contribution in [-0.2, 0) is 14.3 Å². The van der Waals surface area contributed by atoms with Gasteiger partial charge in [0.25, 0.3) is 5.91 Å². The van der Waals surface area contributed by atoms with Crippen molar-refractivity contribution in [1.29, 1.82) is 0 Å². The summed E-state index contributed by atoms with van der Waals surface area (Å²) in [5, 5.41) is 0. The van der Waals surface area contributed by atoms with E-state index in [4.69, 9.17) is 13.9 Å². The summed E-state index contributed by atoms with van der Waals surface area (Å²) in [6.45, 7) is 6.45. The lowest BCUT2D eigenvalue weighted by atomic mass is 10.0. The van der Waals surface area contributed by atoms with Crippen molar-refractivity contribution in [3.05, 3.63) is 47.9 Å². The number of anilines is 1. The number of ether oxygens (including phenoxy) is 2. The van der Waals surface area contributed by atoms with Gasteiger partial charge in [0.1, 0.15) is 12.3 Å². The van der Waals surface area contributed by atoms with Gasteiger partial charge in [0.2, 0.25) is 5.78 Å². The first-order valence-electron chi connectivity index (χ1n) is 8.62.